The summed E-state index contributed by atoms with van der Waals surface area (Å²) in [5.74, 6) is 2.51. The summed E-state index contributed by atoms with van der Waals surface area (Å²) in [7, 11) is 0. The van der Waals surface area contributed by atoms with Gasteiger partial charge in [-0.25, -0.2) is 0 Å². The highest BCUT2D eigenvalue weighted by atomic mass is 16.2. The van der Waals surface area contributed by atoms with Crippen LogP contribution in [0.2, 0.25) is 0 Å². The molecule has 17 heavy (non-hydrogen) atoms. The minimum absolute atomic E-state index is 0.158. The smallest absolute Gasteiger partial charge is 0.241 e. The van der Waals surface area contributed by atoms with E-state index in [9.17, 15) is 4.79 Å². The van der Waals surface area contributed by atoms with E-state index in [1.165, 1.54) is 0 Å². The number of anilines is 1. The lowest BCUT2D eigenvalue weighted by molar-refractivity contribution is -0.118. The SMILES string of the molecule is C#Cc1cccc(NC(=O)C(N)C(C)CC)c1. The van der Waals surface area contributed by atoms with Gasteiger partial charge in [-0.05, 0) is 24.1 Å². The van der Waals surface area contributed by atoms with E-state index in [-0.39, 0.29) is 11.8 Å². The number of hydrogen-bond acceptors (Lipinski definition) is 2. The summed E-state index contributed by atoms with van der Waals surface area (Å²) in [5.41, 5.74) is 7.26. The minimum Gasteiger partial charge on any atom is -0.325 e. The molecule has 0 heterocycles. The number of amides is 1. The maximum absolute atomic E-state index is 11.8. The first-order chi connectivity index (χ1) is 8.08. The predicted molar refractivity (Wildman–Crippen MR) is 70.4 cm³/mol. The van der Waals surface area contributed by atoms with Crippen LogP contribution >= 0.6 is 0 Å². The number of carbonyl (C=O) groups is 1. The van der Waals surface area contributed by atoms with Crippen LogP contribution in [0.3, 0.4) is 0 Å². The van der Waals surface area contributed by atoms with Crippen molar-refractivity contribution in [3.63, 3.8) is 0 Å². The van der Waals surface area contributed by atoms with Crippen molar-refractivity contribution in [1.82, 2.24) is 0 Å². The van der Waals surface area contributed by atoms with Gasteiger partial charge in [0.2, 0.25) is 5.91 Å². The molecule has 3 N–H and O–H groups in total. The normalized spacial score (nSPS) is 13.5. The van der Waals surface area contributed by atoms with E-state index in [0.717, 1.165) is 12.0 Å². The summed E-state index contributed by atoms with van der Waals surface area (Å²) < 4.78 is 0. The first-order valence-corrected chi connectivity index (χ1v) is 5.71. The Balaban J connectivity index is 2.71. The van der Waals surface area contributed by atoms with E-state index >= 15 is 0 Å². The fourth-order valence-electron chi connectivity index (χ4n) is 1.42. The van der Waals surface area contributed by atoms with Gasteiger partial charge in [0.1, 0.15) is 0 Å². The van der Waals surface area contributed by atoms with Crippen LogP contribution in [0.5, 0.6) is 0 Å². The van der Waals surface area contributed by atoms with Crippen molar-refractivity contribution in [1.29, 1.82) is 0 Å². The quantitative estimate of drug-likeness (QED) is 0.777. The molecule has 1 aromatic rings. The summed E-state index contributed by atoms with van der Waals surface area (Å²) in [6.45, 7) is 3.97. The minimum atomic E-state index is -0.491. The Labute approximate surface area is 102 Å². The Morgan fingerprint density at radius 1 is 1.59 bits per heavy atom. The van der Waals surface area contributed by atoms with E-state index in [4.69, 9.17) is 12.2 Å². The lowest BCUT2D eigenvalue weighted by Gasteiger charge is -2.17. The molecule has 0 bridgehead atoms. The molecule has 0 aliphatic heterocycles. The van der Waals surface area contributed by atoms with Gasteiger partial charge in [0.05, 0.1) is 6.04 Å². The van der Waals surface area contributed by atoms with E-state index in [1.54, 1.807) is 18.2 Å². The van der Waals surface area contributed by atoms with E-state index in [0.29, 0.717) is 5.69 Å². The Morgan fingerprint density at radius 3 is 2.88 bits per heavy atom. The topological polar surface area (TPSA) is 55.1 Å². The summed E-state index contributed by atoms with van der Waals surface area (Å²) >= 11 is 0. The monoisotopic (exact) mass is 230 g/mol. The van der Waals surface area contributed by atoms with Crippen LogP contribution in [0.4, 0.5) is 5.69 Å². The number of rotatable bonds is 4. The Kier molecular flexibility index (Phi) is 4.74. The van der Waals surface area contributed by atoms with Crippen molar-refractivity contribution >= 4 is 11.6 Å². The molecular formula is C14H18N2O. The number of benzene rings is 1. The molecular weight excluding hydrogens is 212 g/mol. The third-order valence-corrected chi connectivity index (χ3v) is 2.86. The molecule has 0 radical (unpaired) electrons. The first kappa shape index (κ1) is 13.3. The van der Waals surface area contributed by atoms with Crippen LogP contribution in [0.15, 0.2) is 24.3 Å². The molecule has 3 nitrogen and oxygen atoms in total. The highest BCUT2D eigenvalue weighted by molar-refractivity contribution is 5.95. The molecule has 0 fully saturated rings. The Morgan fingerprint density at radius 2 is 2.29 bits per heavy atom. The zero-order chi connectivity index (χ0) is 12.8. The van der Waals surface area contributed by atoms with Gasteiger partial charge in [-0.2, -0.15) is 0 Å². The standard InChI is InChI=1S/C14H18N2O/c1-4-10(3)13(15)14(17)16-12-8-6-7-11(5-2)9-12/h2,6-10,13H,4,15H2,1,3H3,(H,16,17). The second-order valence-corrected chi connectivity index (χ2v) is 4.13. The van der Waals surface area contributed by atoms with Crippen LogP contribution in [0, 0.1) is 18.3 Å². The van der Waals surface area contributed by atoms with Crippen LogP contribution in [-0.4, -0.2) is 11.9 Å². The third kappa shape index (κ3) is 3.61. The van der Waals surface area contributed by atoms with Gasteiger partial charge in [0, 0.05) is 11.3 Å². The fraction of sp³-hybridized carbons (Fsp3) is 0.357. The van der Waals surface area contributed by atoms with Crippen LogP contribution in [0.25, 0.3) is 0 Å². The van der Waals surface area contributed by atoms with Gasteiger partial charge < -0.3 is 11.1 Å². The summed E-state index contributed by atoms with van der Waals surface area (Å²) in [6.07, 6.45) is 6.17. The molecule has 1 aromatic carbocycles. The number of carbonyl (C=O) groups excluding carboxylic acids is 1. The van der Waals surface area contributed by atoms with Crippen molar-refractivity contribution in [3.8, 4) is 12.3 Å². The van der Waals surface area contributed by atoms with Gasteiger partial charge >= 0.3 is 0 Å². The van der Waals surface area contributed by atoms with Gasteiger partial charge in [0.25, 0.3) is 0 Å². The number of nitrogens with two attached hydrogens (primary N) is 1. The molecule has 1 rings (SSSR count). The maximum atomic E-state index is 11.8. The summed E-state index contributed by atoms with van der Waals surface area (Å²) in [4.78, 5) is 11.8. The largest absolute Gasteiger partial charge is 0.325 e. The zero-order valence-corrected chi connectivity index (χ0v) is 10.2. The van der Waals surface area contributed by atoms with E-state index < -0.39 is 6.04 Å². The van der Waals surface area contributed by atoms with Gasteiger partial charge in [0.15, 0.2) is 0 Å². The highest BCUT2D eigenvalue weighted by Crippen LogP contribution is 2.12. The van der Waals surface area contributed by atoms with Crippen molar-refractivity contribution in [2.24, 2.45) is 11.7 Å². The van der Waals surface area contributed by atoms with E-state index in [1.807, 2.05) is 19.9 Å². The molecule has 0 saturated carbocycles. The van der Waals surface area contributed by atoms with E-state index in [2.05, 4.69) is 11.2 Å². The number of terminal acetylenes is 1. The maximum Gasteiger partial charge on any atom is 0.241 e. The third-order valence-electron chi connectivity index (χ3n) is 2.86. The highest BCUT2D eigenvalue weighted by Gasteiger charge is 2.19. The summed E-state index contributed by atoms with van der Waals surface area (Å²) in [5, 5.41) is 2.77. The number of nitrogens with one attached hydrogen (secondary N) is 1. The lowest BCUT2D eigenvalue weighted by Crippen LogP contribution is -2.40. The zero-order valence-electron chi connectivity index (χ0n) is 10.2. The molecule has 0 aromatic heterocycles. The fourth-order valence-corrected chi connectivity index (χ4v) is 1.42. The van der Waals surface area contributed by atoms with Crippen LogP contribution in [0.1, 0.15) is 25.8 Å². The molecule has 3 heteroatoms. The second kappa shape index (κ2) is 6.07. The van der Waals surface area contributed by atoms with Crippen molar-refractivity contribution in [2.75, 3.05) is 5.32 Å². The Hall–Kier alpha value is -1.79. The molecule has 1 amide bonds. The molecule has 0 aliphatic rings. The molecule has 2 unspecified atom stereocenters. The van der Waals surface area contributed by atoms with Gasteiger partial charge in [-0.3, -0.25) is 4.79 Å². The van der Waals surface area contributed by atoms with Gasteiger partial charge in [-0.1, -0.05) is 32.3 Å². The predicted octanol–water partition coefficient (Wildman–Crippen LogP) is 1.98. The lowest BCUT2D eigenvalue weighted by atomic mass is 9.99. The van der Waals surface area contributed by atoms with Crippen molar-refractivity contribution < 1.29 is 4.79 Å². The molecule has 0 aliphatic carbocycles. The molecule has 90 valence electrons. The first-order valence-electron chi connectivity index (χ1n) is 5.71. The van der Waals surface area contributed by atoms with Crippen molar-refractivity contribution in [2.45, 2.75) is 26.3 Å². The van der Waals surface area contributed by atoms with Crippen molar-refractivity contribution in [3.05, 3.63) is 29.8 Å². The summed E-state index contributed by atoms with van der Waals surface area (Å²) in [6, 6.07) is 6.67. The van der Waals surface area contributed by atoms with Gasteiger partial charge in [-0.15, -0.1) is 6.42 Å². The average Bonchev–Trinajstić information content (AvgIpc) is 2.37. The average molecular weight is 230 g/mol. The molecule has 2 atom stereocenters. The van der Waals surface area contributed by atoms with Crippen LogP contribution in [-0.2, 0) is 4.79 Å². The Bertz CT molecular complexity index is 434. The molecule has 0 saturated heterocycles. The molecule has 0 spiro atoms. The van der Waals surface area contributed by atoms with Crippen LogP contribution < -0.4 is 11.1 Å². The number of hydrogen-bond donors (Lipinski definition) is 2. The second-order valence-electron chi connectivity index (χ2n) is 4.13.